The van der Waals surface area contributed by atoms with Gasteiger partial charge in [0, 0.05) is 41.9 Å². The Morgan fingerprint density at radius 3 is 2.59 bits per heavy atom. The van der Waals surface area contributed by atoms with Gasteiger partial charge >= 0.3 is 0 Å². The number of aromatic nitrogens is 2. The zero-order chi connectivity index (χ0) is 19.8. The first-order valence-corrected chi connectivity index (χ1v) is 11.3. The quantitative estimate of drug-likeness (QED) is 0.631. The molecule has 1 fully saturated rings. The highest BCUT2D eigenvalue weighted by Gasteiger charge is 2.31. The van der Waals surface area contributed by atoms with Crippen LogP contribution < -0.4 is 0 Å². The van der Waals surface area contributed by atoms with E-state index in [-0.39, 0.29) is 5.91 Å². The van der Waals surface area contributed by atoms with Crippen LogP contribution in [0.15, 0.2) is 59.5 Å². The summed E-state index contributed by atoms with van der Waals surface area (Å²) in [7, 11) is 1.95. The summed E-state index contributed by atoms with van der Waals surface area (Å²) in [4.78, 5) is 16.6. The average Bonchev–Trinajstić information content (AvgIpc) is 3.11. The number of carbonyl (C=O) groups is 1. The van der Waals surface area contributed by atoms with Crippen molar-refractivity contribution in [2.75, 3.05) is 13.1 Å². The summed E-state index contributed by atoms with van der Waals surface area (Å²) in [5, 5.41) is 4.67. The lowest BCUT2D eigenvalue weighted by atomic mass is 9.90. The first-order valence-electron chi connectivity index (χ1n) is 10.3. The second kappa shape index (κ2) is 7.71. The Hall–Kier alpha value is -2.53. The predicted molar refractivity (Wildman–Crippen MR) is 117 cm³/mol. The number of amides is 1. The van der Waals surface area contributed by atoms with Crippen LogP contribution in [-0.4, -0.2) is 33.7 Å². The molecule has 1 aromatic heterocycles. The monoisotopic (exact) mass is 403 g/mol. The molecule has 148 valence electrons. The molecule has 0 spiro atoms. The van der Waals surface area contributed by atoms with E-state index >= 15 is 0 Å². The van der Waals surface area contributed by atoms with E-state index in [9.17, 15) is 4.79 Å². The molecule has 5 rings (SSSR count). The van der Waals surface area contributed by atoms with Crippen molar-refractivity contribution in [2.45, 2.75) is 29.9 Å². The molecule has 0 radical (unpaired) electrons. The molecule has 3 aromatic rings. The summed E-state index contributed by atoms with van der Waals surface area (Å²) in [6.45, 7) is 1.65. The molecule has 0 atom stereocenters. The van der Waals surface area contributed by atoms with Gasteiger partial charge in [-0.3, -0.25) is 9.48 Å². The van der Waals surface area contributed by atoms with Gasteiger partial charge in [-0.2, -0.15) is 5.10 Å². The number of aryl methyl sites for hydroxylation is 1. The number of fused-ring (bicyclic) bond motifs is 3. The zero-order valence-electron chi connectivity index (χ0n) is 16.7. The second-order valence-electron chi connectivity index (χ2n) is 8.01. The molecule has 1 amide bonds. The number of hydrogen-bond acceptors (Lipinski definition) is 3. The molecule has 0 unspecified atom stereocenters. The average molecular weight is 404 g/mol. The fourth-order valence-electron chi connectivity index (χ4n) is 4.59. The highest BCUT2D eigenvalue weighted by Crippen LogP contribution is 2.42. The molecule has 2 aromatic carbocycles. The van der Waals surface area contributed by atoms with E-state index in [2.05, 4.69) is 59.7 Å². The summed E-state index contributed by atoms with van der Waals surface area (Å²) < 4.78 is 1.89. The van der Waals surface area contributed by atoms with E-state index in [1.54, 1.807) is 11.8 Å². The smallest absolute Gasteiger partial charge is 0.274 e. The number of nitrogens with zero attached hydrogens (tertiary/aromatic N) is 3. The molecular weight excluding hydrogens is 378 g/mol. The summed E-state index contributed by atoms with van der Waals surface area (Å²) in [6.07, 6.45) is 3.23. The van der Waals surface area contributed by atoms with Gasteiger partial charge < -0.3 is 4.90 Å². The van der Waals surface area contributed by atoms with E-state index < -0.39 is 0 Å². The van der Waals surface area contributed by atoms with Gasteiger partial charge in [0.25, 0.3) is 5.91 Å². The predicted octanol–water partition coefficient (Wildman–Crippen LogP) is 4.79. The maximum atomic E-state index is 13.3. The third kappa shape index (κ3) is 3.48. The summed E-state index contributed by atoms with van der Waals surface area (Å²) in [6, 6.07) is 19.1. The Morgan fingerprint density at radius 1 is 1.07 bits per heavy atom. The second-order valence-corrected chi connectivity index (χ2v) is 9.03. The van der Waals surface area contributed by atoms with Gasteiger partial charge in [-0.25, -0.2) is 0 Å². The third-order valence-corrected chi connectivity index (χ3v) is 7.23. The molecule has 2 aliphatic rings. The molecule has 5 heteroatoms. The Labute approximate surface area is 175 Å². The van der Waals surface area contributed by atoms with Crippen LogP contribution in [0.1, 0.15) is 34.5 Å². The molecule has 0 bridgehead atoms. The largest absolute Gasteiger partial charge is 0.337 e. The van der Waals surface area contributed by atoms with Crippen molar-refractivity contribution in [1.29, 1.82) is 0 Å². The normalized spacial score (nSPS) is 16.4. The van der Waals surface area contributed by atoms with Crippen molar-refractivity contribution in [2.24, 2.45) is 13.0 Å². The SMILES string of the molecule is Cn1nc(C(=O)N2CCC(Cc3ccccc3)CC2)c2c1-c1ccccc1SC2. The fourth-order valence-corrected chi connectivity index (χ4v) is 5.66. The maximum absolute atomic E-state index is 13.3. The third-order valence-electron chi connectivity index (χ3n) is 6.13. The number of thioether (sulfide) groups is 1. The van der Waals surface area contributed by atoms with Gasteiger partial charge in [0.2, 0.25) is 0 Å². The van der Waals surface area contributed by atoms with Crippen LogP contribution in [-0.2, 0) is 19.2 Å². The van der Waals surface area contributed by atoms with Crippen molar-refractivity contribution >= 4 is 17.7 Å². The topological polar surface area (TPSA) is 38.1 Å². The van der Waals surface area contributed by atoms with E-state index in [1.807, 2.05) is 16.6 Å². The molecule has 1 saturated heterocycles. The minimum absolute atomic E-state index is 0.0972. The number of rotatable bonds is 3. The fraction of sp³-hybridized carbons (Fsp3) is 0.333. The van der Waals surface area contributed by atoms with E-state index in [1.165, 1.54) is 16.0 Å². The van der Waals surface area contributed by atoms with Crippen molar-refractivity contribution in [3.63, 3.8) is 0 Å². The van der Waals surface area contributed by atoms with Gasteiger partial charge in [0.1, 0.15) is 0 Å². The Bertz CT molecular complexity index is 1040. The summed E-state index contributed by atoms with van der Waals surface area (Å²) >= 11 is 1.80. The molecule has 29 heavy (non-hydrogen) atoms. The van der Waals surface area contributed by atoms with Crippen LogP contribution in [0.25, 0.3) is 11.3 Å². The van der Waals surface area contributed by atoms with Gasteiger partial charge in [-0.1, -0.05) is 48.5 Å². The molecular formula is C24H25N3OS. The first kappa shape index (κ1) is 18.5. The van der Waals surface area contributed by atoms with Gasteiger partial charge in [0.15, 0.2) is 5.69 Å². The standard InChI is InChI=1S/C24H25N3OS/c1-26-23-19-9-5-6-10-21(19)29-16-20(23)22(25-26)24(28)27-13-11-18(12-14-27)15-17-7-3-2-4-8-17/h2-10,18H,11-16H2,1H3. The molecule has 4 nitrogen and oxygen atoms in total. The molecule has 0 N–H and O–H groups in total. The Morgan fingerprint density at radius 2 is 1.79 bits per heavy atom. The van der Waals surface area contributed by atoms with Crippen LogP contribution in [0, 0.1) is 5.92 Å². The van der Waals surface area contributed by atoms with E-state index in [0.29, 0.717) is 11.6 Å². The van der Waals surface area contributed by atoms with Crippen LogP contribution >= 0.6 is 11.8 Å². The maximum Gasteiger partial charge on any atom is 0.274 e. The number of likely N-dealkylation sites (tertiary alicyclic amines) is 1. The Balaban J connectivity index is 1.32. The van der Waals surface area contributed by atoms with Crippen molar-refractivity contribution in [3.8, 4) is 11.3 Å². The minimum Gasteiger partial charge on any atom is -0.337 e. The van der Waals surface area contributed by atoms with Gasteiger partial charge in [0.05, 0.1) is 5.69 Å². The zero-order valence-corrected chi connectivity index (χ0v) is 17.5. The first-order chi connectivity index (χ1) is 14.2. The lowest BCUT2D eigenvalue weighted by Crippen LogP contribution is -2.39. The van der Waals surface area contributed by atoms with Crippen molar-refractivity contribution < 1.29 is 4.79 Å². The summed E-state index contributed by atoms with van der Waals surface area (Å²) in [5.74, 6) is 1.56. The lowest BCUT2D eigenvalue weighted by molar-refractivity contribution is 0.0683. The van der Waals surface area contributed by atoms with E-state index in [4.69, 9.17) is 0 Å². The Kier molecular flexibility index (Phi) is 4.92. The van der Waals surface area contributed by atoms with Crippen LogP contribution in [0.3, 0.4) is 0 Å². The highest BCUT2D eigenvalue weighted by atomic mass is 32.2. The molecule has 0 aliphatic carbocycles. The van der Waals surface area contributed by atoms with Gasteiger partial charge in [-0.05, 0) is 36.8 Å². The van der Waals surface area contributed by atoms with Crippen LogP contribution in [0.4, 0.5) is 0 Å². The molecule has 2 aliphatic heterocycles. The number of hydrogen-bond donors (Lipinski definition) is 0. The van der Waals surface area contributed by atoms with Crippen LogP contribution in [0.5, 0.6) is 0 Å². The number of carbonyl (C=O) groups excluding carboxylic acids is 1. The lowest BCUT2D eigenvalue weighted by Gasteiger charge is -2.32. The number of benzene rings is 2. The van der Waals surface area contributed by atoms with Gasteiger partial charge in [-0.15, -0.1) is 11.8 Å². The van der Waals surface area contributed by atoms with Crippen molar-refractivity contribution in [1.82, 2.24) is 14.7 Å². The van der Waals surface area contributed by atoms with E-state index in [0.717, 1.165) is 49.4 Å². The molecule has 3 heterocycles. The minimum atomic E-state index is 0.0972. The van der Waals surface area contributed by atoms with Crippen molar-refractivity contribution in [3.05, 3.63) is 71.4 Å². The van der Waals surface area contributed by atoms with Crippen LogP contribution in [0.2, 0.25) is 0 Å². The molecule has 0 saturated carbocycles. The number of piperidine rings is 1. The highest BCUT2D eigenvalue weighted by molar-refractivity contribution is 7.98. The summed E-state index contributed by atoms with van der Waals surface area (Å²) in [5.41, 5.74) is 5.42.